The summed E-state index contributed by atoms with van der Waals surface area (Å²) in [6.45, 7) is 4.22. The minimum absolute atomic E-state index is 0. The average molecular weight is 74.9 g/mol. The summed E-state index contributed by atoms with van der Waals surface area (Å²) >= 11 is 0. The Morgan fingerprint density at radius 2 is 1.40 bits per heavy atom. The molecule has 32 valence electrons. The minimum atomic E-state index is 0. The molecule has 0 radical (unpaired) electrons. The highest BCUT2D eigenvalue weighted by Crippen LogP contribution is 1.53. The average Bonchev–Trinajstić information content (AvgIpc) is 0.811. The lowest BCUT2D eigenvalue weighted by molar-refractivity contribution is 0.824. The molecular formula is C2H10BNO. The highest BCUT2D eigenvalue weighted by molar-refractivity contribution is 6.51. The maximum atomic E-state index is 5.11. The van der Waals surface area contributed by atoms with E-state index in [4.69, 9.17) is 5.64 Å². The van der Waals surface area contributed by atoms with Crippen molar-refractivity contribution in [3.05, 3.63) is 0 Å². The van der Waals surface area contributed by atoms with Gasteiger partial charge in [0.1, 0.15) is 0 Å². The summed E-state index contributed by atoms with van der Waals surface area (Å²) in [4.78, 5) is 0. The molecule has 0 aliphatic rings. The van der Waals surface area contributed by atoms with E-state index < -0.39 is 0 Å². The number of nitrogens with two attached hydrogens (primary N) is 1. The summed E-state index contributed by atoms with van der Waals surface area (Å²) in [5.41, 5.74) is 5.11. The van der Waals surface area contributed by atoms with Gasteiger partial charge < -0.3 is 11.1 Å². The van der Waals surface area contributed by atoms with Crippen molar-refractivity contribution >= 4 is 6.85 Å². The number of hydrogen-bond acceptors (Lipinski definition) is 1. The van der Waals surface area contributed by atoms with Crippen molar-refractivity contribution in [2.24, 2.45) is 5.64 Å². The molecule has 5 heavy (non-hydrogen) atoms. The summed E-state index contributed by atoms with van der Waals surface area (Å²) < 4.78 is 0. The van der Waals surface area contributed by atoms with E-state index in [9.17, 15) is 0 Å². The van der Waals surface area contributed by atoms with Gasteiger partial charge >= 0.3 is 0 Å². The van der Waals surface area contributed by atoms with Gasteiger partial charge in [-0.05, 0) is 0 Å². The van der Waals surface area contributed by atoms with Gasteiger partial charge in [0.25, 0.3) is 0 Å². The first kappa shape index (κ1) is 8.88. The maximum Gasteiger partial charge on any atom is 0.211 e. The van der Waals surface area contributed by atoms with E-state index in [-0.39, 0.29) is 5.48 Å². The lowest BCUT2D eigenvalue weighted by atomic mass is 9.71. The first-order chi connectivity index (χ1) is 1.73. The Bertz CT molecular complexity index is 14.4. The van der Waals surface area contributed by atoms with E-state index in [0.717, 1.165) is 0 Å². The highest BCUT2D eigenvalue weighted by Gasteiger charge is 1.77. The minimum Gasteiger partial charge on any atom is -0.412 e. The van der Waals surface area contributed by atoms with Gasteiger partial charge in [0, 0.05) is 0 Å². The molecule has 0 heterocycles. The van der Waals surface area contributed by atoms with Crippen molar-refractivity contribution < 1.29 is 5.48 Å². The van der Waals surface area contributed by atoms with Crippen LogP contribution in [0.2, 0.25) is 13.6 Å². The predicted molar refractivity (Wildman–Crippen MR) is 25.3 cm³/mol. The third-order valence-electron chi connectivity index (χ3n) is 0. The predicted octanol–water partition coefficient (Wildman–Crippen LogP) is -0.629. The third-order valence-corrected chi connectivity index (χ3v) is 0. The normalized spacial score (nSPS) is 5.40. The zero-order valence-electron chi connectivity index (χ0n) is 3.65. The van der Waals surface area contributed by atoms with Crippen LogP contribution in [0, 0.1) is 0 Å². The molecule has 0 unspecified atom stereocenters. The van der Waals surface area contributed by atoms with Gasteiger partial charge in [-0.15, -0.1) is 0 Å². The van der Waals surface area contributed by atoms with E-state index in [1.807, 2.05) is 13.6 Å². The van der Waals surface area contributed by atoms with Gasteiger partial charge in [-0.2, -0.15) is 0 Å². The molecule has 0 aromatic rings. The molecule has 0 atom stereocenters. The molecule has 0 rings (SSSR count). The molecule has 0 amide bonds. The first-order valence-corrected chi connectivity index (χ1v) is 1.49. The maximum absolute atomic E-state index is 5.11. The molecule has 0 bridgehead atoms. The fourth-order valence-corrected chi connectivity index (χ4v) is 0. The van der Waals surface area contributed by atoms with Gasteiger partial charge in [-0.25, -0.2) is 0 Å². The highest BCUT2D eigenvalue weighted by atomic mass is 16.0. The number of rotatable bonds is 0. The van der Waals surface area contributed by atoms with E-state index in [1.165, 1.54) is 0 Å². The molecule has 2 nitrogen and oxygen atoms in total. The largest absolute Gasteiger partial charge is 0.412 e. The van der Waals surface area contributed by atoms with Crippen LogP contribution in [-0.2, 0) is 0 Å². The SMILES string of the molecule is CB(C)N.O. The van der Waals surface area contributed by atoms with Crippen molar-refractivity contribution in [1.82, 2.24) is 0 Å². The van der Waals surface area contributed by atoms with Crippen LogP contribution in [0.4, 0.5) is 0 Å². The van der Waals surface area contributed by atoms with Crippen LogP contribution in [0.25, 0.3) is 0 Å². The van der Waals surface area contributed by atoms with Crippen molar-refractivity contribution in [2.75, 3.05) is 0 Å². The summed E-state index contributed by atoms with van der Waals surface area (Å²) in [6, 6.07) is 0. The first-order valence-electron chi connectivity index (χ1n) is 1.49. The quantitative estimate of drug-likeness (QED) is 0.383. The third kappa shape index (κ3) is 69200. The summed E-state index contributed by atoms with van der Waals surface area (Å²) in [6.07, 6.45) is 0. The van der Waals surface area contributed by atoms with Gasteiger partial charge in [-0.1, -0.05) is 13.6 Å². The van der Waals surface area contributed by atoms with E-state index >= 15 is 0 Å². The second-order valence-electron chi connectivity index (χ2n) is 1.24. The summed E-state index contributed by atoms with van der Waals surface area (Å²) in [7, 11) is 0. The number of hydrogen-bond donors (Lipinski definition) is 1. The van der Waals surface area contributed by atoms with Crippen LogP contribution in [0.5, 0.6) is 0 Å². The molecule has 0 aromatic carbocycles. The van der Waals surface area contributed by atoms with Gasteiger partial charge in [0.15, 0.2) is 0 Å². The fraction of sp³-hybridized carbons (Fsp3) is 1.00. The van der Waals surface area contributed by atoms with Crippen molar-refractivity contribution in [1.29, 1.82) is 0 Å². The van der Waals surface area contributed by atoms with E-state index in [0.29, 0.717) is 6.85 Å². The zero-order chi connectivity index (χ0) is 3.58. The van der Waals surface area contributed by atoms with Gasteiger partial charge in [-0.3, -0.25) is 0 Å². The summed E-state index contributed by atoms with van der Waals surface area (Å²) in [5, 5.41) is 0. The Hall–Kier alpha value is -0.0151. The molecular weight excluding hydrogens is 64.8 g/mol. The molecule has 0 fully saturated rings. The second-order valence-corrected chi connectivity index (χ2v) is 1.24. The Morgan fingerprint density at radius 3 is 1.40 bits per heavy atom. The van der Waals surface area contributed by atoms with Gasteiger partial charge in [0.05, 0.1) is 0 Å². The van der Waals surface area contributed by atoms with Crippen LogP contribution in [0.3, 0.4) is 0 Å². The second kappa shape index (κ2) is 3.98. The molecule has 0 spiro atoms. The molecule has 0 aliphatic carbocycles. The smallest absolute Gasteiger partial charge is 0.211 e. The van der Waals surface area contributed by atoms with Crippen molar-refractivity contribution in [3.63, 3.8) is 0 Å². The van der Waals surface area contributed by atoms with E-state index in [1.54, 1.807) is 0 Å². The summed E-state index contributed by atoms with van der Waals surface area (Å²) in [5.74, 6) is 0. The molecule has 4 N–H and O–H groups in total. The molecule has 3 heteroatoms. The Kier molecular flexibility index (Phi) is 7.08. The van der Waals surface area contributed by atoms with Crippen LogP contribution in [0.1, 0.15) is 0 Å². The monoisotopic (exact) mass is 75.1 g/mol. The molecule has 0 saturated heterocycles. The molecule has 0 saturated carbocycles. The Balaban J connectivity index is 0. The standard InChI is InChI=1S/C2H8BN.H2O/c1-3(2)4;/h4H2,1-2H3;1H2. The van der Waals surface area contributed by atoms with Crippen LogP contribution in [0.15, 0.2) is 0 Å². The Labute approximate surface area is 32.8 Å². The van der Waals surface area contributed by atoms with Gasteiger partial charge in [0.2, 0.25) is 6.85 Å². The fourth-order valence-electron chi connectivity index (χ4n) is 0. The van der Waals surface area contributed by atoms with E-state index in [2.05, 4.69) is 0 Å². The van der Waals surface area contributed by atoms with Crippen LogP contribution >= 0.6 is 0 Å². The van der Waals surface area contributed by atoms with Crippen LogP contribution < -0.4 is 5.64 Å². The van der Waals surface area contributed by atoms with Crippen molar-refractivity contribution in [2.45, 2.75) is 13.6 Å². The molecule has 0 aliphatic heterocycles. The Morgan fingerprint density at radius 1 is 1.40 bits per heavy atom. The van der Waals surface area contributed by atoms with Crippen molar-refractivity contribution in [3.8, 4) is 0 Å². The molecule has 0 aromatic heterocycles. The zero-order valence-corrected chi connectivity index (χ0v) is 3.65. The topological polar surface area (TPSA) is 57.5 Å². The van der Waals surface area contributed by atoms with Crippen LogP contribution in [-0.4, -0.2) is 12.3 Å². The lowest BCUT2D eigenvalue weighted by Crippen LogP contribution is -2.13. The lowest BCUT2D eigenvalue weighted by Gasteiger charge is -1.73.